The average molecular weight is 510 g/mol. The predicted octanol–water partition coefficient (Wildman–Crippen LogP) is 2.68. The molecule has 37 heavy (non-hydrogen) atoms. The first kappa shape index (κ1) is 24.4. The van der Waals surface area contributed by atoms with E-state index in [0.29, 0.717) is 22.7 Å². The number of hydrogen-bond acceptors (Lipinski definition) is 8. The molecule has 3 heterocycles. The Labute approximate surface area is 211 Å². The molecule has 2 amide bonds. The molecular formula is C25H25F2N7O3. The van der Waals surface area contributed by atoms with Crippen LogP contribution in [0.25, 0.3) is 0 Å². The number of aromatic nitrogens is 2. The van der Waals surface area contributed by atoms with Gasteiger partial charge in [0.2, 0.25) is 5.95 Å². The van der Waals surface area contributed by atoms with Crippen molar-refractivity contribution in [2.45, 2.75) is 12.0 Å². The van der Waals surface area contributed by atoms with Gasteiger partial charge in [0, 0.05) is 31.4 Å². The maximum absolute atomic E-state index is 14.8. The van der Waals surface area contributed by atoms with E-state index < -0.39 is 18.4 Å². The van der Waals surface area contributed by atoms with E-state index in [9.17, 15) is 18.4 Å². The summed E-state index contributed by atoms with van der Waals surface area (Å²) >= 11 is 0. The minimum Gasteiger partial charge on any atom is -0.495 e. The van der Waals surface area contributed by atoms with Crippen molar-refractivity contribution in [1.29, 1.82) is 0 Å². The number of nitrogens with one attached hydrogen (secondary N) is 3. The Bertz CT molecular complexity index is 1340. The van der Waals surface area contributed by atoms with E-state index in [1.54, 1.807) is 48.5 Å². The zero-order valence-corrected chi connectivity index (χ0v) is 20.2. The number of carbonyl (C=O) groups excluding carboxylic acids is 2. The van der Waals surface area contributed by atoms with Crippen LogP contribution in [0.3, 0.4) is 0 Å². The molecule has 0 radical (unpaired) electrons. The number of hydrogen-bond donors (Lipinski definition) is 3. The number of halogens is 2. The van der Waals surface area contributed by atoms with Gasteiger partial charge >= 0.3 is 5.92 Å². The van der Waals surface area contributed by atoms with E-state index >= 15 is 0 Å². The normalized spacial score (nSPS) is 16.9. The van der Waals surface area contributed by atoms with Crippen LogP contribution in [0.2, 0.25) is 0 Å². The summed E-state index contributed by atoms with van der Waals surface area (Å²) in [7, 11) is 2.74. The Balaban J connectivity index is 1.48. The van der Waals surface area contributed by atoms with Crippen molar-refractivity contribution in [2.24, 2.45) is 0 Å². The molecule has 0 aliphatic carbocycles. The number of para-hydroxylation sites is 1. The van der Waals surface area contributed by atoms with Gasteiger partial charge in [-0.2, -0.15) is 13.8 Å². The Morgan fingerprint density at radius 1 is 1.19 bits per heavy atom. The third-order valence-electron chi connectivity index (χ3n) is 6.24. The predicted molar refractivity (Wildman–Crippen MR) is 134 cm³/mol. The van der Waals surface area contributed by atoms with Gasteiger partial charge in [-0.15, -0.1) is 0 Å². The number of nitrogens with zero attached hydrogens (tertiary/aromatic N) is 4. The molecule has 1 aromatic heterocycles. The molecule has 0 spiro atoms. The lowest BCUT2D eigenvalue weighted by molar-refractivity contribution is -0.140. The van der Waals surface area contributed by atoms with Gasteiger partial charge in [-0.05, 0) is 30.3 Å². The second kappa shape index (κ2) is 9.62. The summed E-state index contributed by atoms with van der Waals surface area (Å²) in [6.45, 7) is 0.573. The van der Waals surface area contributed by atoms with E-state index in [0.717, 1.165) is 18.0 Å². The zero-order chi connectivity index (χ0) is 26.2. The molecule has 3 N–H and O–H groups in total. The maximum atomic E-state index is 14.8. The van der Waals surface area contributed by atoms with E-state index in [-0.39, 0.29) is 29.4 Å². The van der Waals surface area contributed by atoms with Crippen LogP contribution >= 0.6 is 0 Å². The summed E-state index contributed by atoms with van der Waals surface area (Å²) in [6.07, 6.45) is 1.32. The molecule has 10 nitrogen and oxygen atoms in total. The number of methoxy groups -OCH3 is 1. The Morgan fingerprint density at radius 3 is 2.62 bits per heavy atom. The molecule has 1 fully saturated rings. The van der Waals surface area contributed by atoms with E-state index in [2.05, 4.69) is 25.9 Å². The van der Waals surface area contributed by atoms with Crippen molar-refractivity contribution in [1.82, 2.24) is 20.6 Å². The van der Waals surface area contributed by atoms with Gasteiger partial charge in [0.25, 0.3) is 11.8 Å². The van der Waals surface area contributed by atoms with Gasteiger partial charge in [0.05, 0.1) is 31.6 Å². The Morgan fingerprint density at radius 2 is 1.95 bits per heavy atom. The highest BCUT2D eigenvalue weighted by Gasteiger charge is 2.47. The molecule has 0 saturated carbocycles. The summed E-state index contributed by atoms with van der Waals surface area (Å²) in [5.41, 5.74) is 1.49. The van der Waals surface area contributed by atoms with Crippen LogP contribution in [0.1, 0.15) is 10.4 Å². The number of ether oxygens (including phenoxy) is 1. The molecule has 12 heteroatoms. The monoisotopic (exact) mass is 509 g/mol. The Kier molecular flexibility index (Phi) is 6.34. The molecule has 2 aliphatic heterocycles. The number of rotatable bonds is 6. The molecule has 3 aromatic rings. The second-order valence-corrected chi connectivity index (χ2v) is 8.76. The lowest BCUT2D eigenvalue weighted by atomic mass is 10.1. The highest BCUT2D eigenvalue weighted by molar-refractivity contribution is 6.02. The number of alkyl halides is 2. The standard InChI is InChI=1S/C25H25F2N7O3/c1-33-19-13-29-24(31-18-9-8-15(10-20(18)37-2)22(35)30-16-11-28-12-16)32-21(19)34(14-25(26,27)23(33)36)17-6-4-3-5-7-17/h3-10,13,16,28H,11-12,14H2,1-2H3,(H,30,35)(H,29,31,32). The van der Waals surface area contributed by atoms with Gasteiger partial charge < -0.3 is 30.5 Å². The molecule has 2 aromatic carbocycles. The van der Waals surface area contributed by atoms with Crippen molar-refractivity contribution in [2.75, 3.05) is 48.9 Å². The van der Waals surface area contributed by atoms with Crippen LogP contribution in [-0.4, -0.2) is 67.5 Å². The van der Waals surface area contributed by atoms with Crippen LogP contribution in [0, 0.1) is 0 Å². The third-order valence-corrected chi connectivity index (χ3v) is 6.24. The molecule has 1 saturated heterocycles. The number of anilines is 5. The largest absolute Gasteiger partial charge is 0.495 e. The molecule has 192 valence electrons. The van der Waals surface area contributed by atoms with Crippen LogP contribution in [0.4, 0.5) is 37.6 Å². The van der Waals surface area contributed by atoms with Crippen molar-refractivity contribution in [3.8, 4) is 5.75 Å². The van der Waals surface area contributed by atoms with Gasteiger partial charge in [-0.3, -0.25) is 9.59 Å². The number of amides is 2. The average Bonchev–Trinajstić information content (AvgIpc) is 2.95. The summed E-state index contributed by atoms with van der Waals surface area (Å²) in [5, 5.41) is 9.06. The number of benzene rings is 2. The van der Waals surface area contributed by atoms with Crippen LogP contribution in [0.5, 0.6) is 5.75 Å². The molecular weight excluding hydrogens is 484 g/mol. The summed E-state index contributed by atoms with van der Waals surface area (Å²) < 4.78 is 35.1. The fraction of sp³-hybridized carbons (Fsp3) is 0.280. The lowest BCUT2D eigenvalue weighted by Gasteiger charge is -2.28. The first-order valence-corrected chi connectivity index (χ1v) is 11.6. The first-order valence-electron chi connectivity index (χ1n) is 11.6. The molecule has 5 rings (SSSR count). The zero-order valence-electron chi connectivity index (χ0n) is 20.2. The van der Waals surface area contributed by atoms with Gasteiger partial charge in [0.15, 0.2) is 5.82 Å². The van der Waals surface area contributed by atoms with Crippen LogP contribution in [0.15, 0.2) is 54.7 Å². The minimum atomic E-state index is -3.64. The fourth-order valence-corrected chi connectivity index (χ4v) is 4.09. The molecule has 0 bridgehead atoms. The molecule has 2 aliphatic rings. The highest BCUT2D eigenvalue weighted by atomic mass is 19.3. The molecule has 0 atom stereocenters. The summed E-state index contributed by atoms with van der Waals surface area (Å²) in [5.74, 6) is -4.60. The molecule has 0 unspecified atom stereocenters. The fourth-order valence-electron chi connectivity index (χ4n) is 4.09. The van der Waals surface area contributed by atoms with Gasteiger partial charge in [-0.1, -0.05) is 18.2 Å². The van der Waals surface area contributed by atoms with E-state index in [1.807, 2.05) is 0 Å². The van der Waals surface area contributed by atoms with E-state index in [4.69, 9.17) is 4.74 Å². The van der Waals surface area contributed by atoms with Crippen molar-refractivity contribution in [3.05, 3.63) is 60.3 Å². The van der Waals surface area contributed by atoms with Crippen molar-refractivity contribution < 1.29 is 23.1 Å². The maximum Gasteiger partial charge on any atom is 0.342 e. The van der Waals surface area contributed by atoms with Crippen molar-refractivity contribution in [3.63, 3.8) is 0 Å². The Hall–Kier alpha value is -4.32. The highest BCUT2D eigenvalue weighted by Crippen LogP contribution is 2.40. The summed E-state index contributed by atoms with van der Waals surface area (Å²) in [6, 6.07) is 13.5. The lowest BCUT2D eigenvalue weighted by Crippen LogP contribution is -2.56. The quantitative estimate of drug-likeness (QED) is 0.465. The second-order valence-electron chi connectivity index (χ2n) is 8.76. The number of fused-ring (bicyclic) bond motifs is 1. The smallest absolute Gasteiger partial charge is 0.342 e. The van der Waals surface area contributed by atoms with Crippen molar-refractivity contribution >= 4 is 40.6 Å². The van der Waals surface area contributed by atoms with Crippen LogP contribution < -0.4 is 30.5 Å². The van der Waals surface area contributed by atoms with Crippen LogP contribution in [-0.2, 0) is 4.79 Å². The first-order chi connectivity index (χ1) is 17.8. The SMILES string of the molecule is COc1cc(C(=O)NC2CNC2)ccc1Nc1ncc2c(n1)N(c1ccccc1)CC(F)(F)C(=O)N2C. The topological polar surface area (TPSA) is 112 Å². The van der Waals surface area contributed by atoms with Gasteiger partial charge in [0.1, 0.15) is 11.4 Å². The summed E-state index contributed by atoms with van der Waals surface area (Å²) in [4.78, 5) is 35.9. The number of carbonyl (C=O) groups is 2. The van der Waals surface area contributed by atoms with Gasteiger partial charge in [-0.25, -0.2) is 4.98 Å². The van der Waals surface area contributed by atoms with E-state index in [1.165, 1.54) is 25.3 Å². The third kappa shape index (κ3) is 4.75. The minimum absolute atomic E-state index is 0.0919.